The number of esters is 1. The number of hydrogen-bond donors (Lipinski definition) is 0. The van der Waals surface area contributed by atoms with E-state index in [9.17, 15) is 14.4 Å². The maximum absolute atomic E-state index is 12.2. The zero-order chi connectivity index (χ0) is 28.1. The Kier molecular flexibility index (Phi) is 9.89. The van der Waals surface area contributed by atoms with Crippen molar-refractivity contribution in [2.75, 3.05) is 13.1 Å². The van der Waals surface area contributed by atoms with Crippen LogP contribution in [0.15, 0.2) is 22.8 Å². The smallest absolute Gasteiger partial charge is 0.302 e. The Balaban J connectivity index is 1.11. The summed E-state index contributed by atoms with van der Waals surface area (Å²) in [5.41, 5.74) is 4.67. The fourth-order valence-electron chi connectivity index (χ4n) is 9.29. The number of allylic oxidation sites excluding steroid dienone is 4. The van der Waals surface area contributed by atoms with Crippen LogP contribution in [0.2, 0.25) is 0 Å². The van der Waals surface area contributed by atoms with E-state index in [2.05, 4.69) is 6.92 Å². The van der Waals surface area contributed by atoms with Crippen LogP contribution >= 0.6 is 0 Å². The molecule has 5 rings (SSSR count). The number of nitrogens with zero attached hydrogens (tertiary/aromatic N) is 1. The number of carbonyl (C=O) groups is 3. The minimum atomic E-state index is -0.134. The molecular weight excluding hydrogens is 498 g/mol. The molecule has 0 radical (unpaired) electrons. The van der Waals surface area contributed by atoms with Crippen molar-refractivity contribution in [2.45, 2.75) is 142 Å². The summed E-state index contributed by atoms with van der Waals surface area (Å²) >= 11 is 0. The molecule has 40 heavy (non-hydrogen) atoms. The summed E-state index contributed by atoms with van der Waals surface area (Å²) in [5.74, 6) is 2.30. The molecule has 0 aromatic rings. The number of amides is 1. The fraction of sp³-hybridized carbons (Fsp3) is 0.800. The molecule has 0 unspecified atom stereocenters. The van der Waals surface area contributed by atoms with Gasteiger partial charge in [-0.25, -0.2) is 0 Å². The van der Waals surface area contributed by atoms with Crippen LogP contribution in [0.5, 0.6) is 0 Å². The lowest BCUT2D eigenvalue weighted by molar-refractivity contribution is -0.154. The van der Waals surface area contributed by atoms with Gasteiger partial charge in [-0.15, -0.1) is 0 Å². The summed E-state index contributed by atoms with van der Waals surface area (Å²) < 4.78 is 5.94. The van der Waals surface area contributed by atoms with Crippen LogP contribution in [-0.4, -0.2) is 41.8 Å². The van der Waals surface area contributed by atoms with Crippen molar-refractivity contribution >= 4 is 17.7 Å². The third kappa shape index (κ3) is 6.59. The maximum atomic E-state index is 12.2. The second-order valence-electron chi connectivity index (χ2n) is 13.9. The van der Waals surface area contributed by atoms with Crippen LogP contribution in [0.25, 0.3) is 0 Å². The van der Waals surface area contributed by atoms with Crippen LogP contribution in [-0.2, 0) is 19.1 Å². The zero-order valence-corrected chi connectivity index (χ0v) is 25.3. The lowest BCUT2D eigenvalue weighted by Crippen LogP contribution is -2.46. The van der Waals surface area contributed by atoms with Crippen molar-refractivity contribution in [3.8, 4) is 0 Å². The van der Waals surface area contributed by atoms with E-state index in [0.29, 0.717) is 35.9 Å². The predicted octanol–water partition coefficient (Wildman–Crippen LogP) is 7.87. The Hall–Kier alpha value is -1.91. The number of likely N-dealkylation sites (tertiary alicyclic amines) is 1. The highest BCUT2D eigenvalue weighted by Crippen LogP contribution is 2.63. The van der Waals surface area contributed by atoms with Crippen molar-refractivity contribution < 1.29 is 19.1 Å². The molecule has 1 aliphatic heterocycles. The third-order valence-electron chi connectivity index (χ3n) is 11.2. The number of ketones is 1. The van der Waals surface area contributed by atoms with Gasteiger partial charge in [-0.05, 0) is 99.2 Å². The summed E-state index contributed by atoms with van der Waals surface area (Å²) in [6.45, 7) is 5.93. The van der Waals surface area contributed by atoms with Gasteiger partial charge >= 0.3 is 5.97 Å². The van der Waals surface area contributed by atoms with E-state index in [1.54, 1.807) is 18.1 Å². The number of ether oxygens (including phenoxy) is 1. The molecule has 5 heteroatoms. The van der Waals surface area contributed by atoms with E-state index in [0.717, 1.165) is 64.5 Å². The van der Waals surface area contributed by atoms with Gasteiger partial charge in [0.1, 0.15) is 6.10 Å². The van der Waals surface area contributed by atoms with Crippen LogP contribution in [0.4, 0.5) is 0 Å². The molecule has 5 atom stereocenters. The highest BCUT2D eigenvalue weighted by atomic mass is 16.5. The summed E-state index contributed by atoms with van der Waals surface area (Å²) in [6, 6.07) is 0. The maximum Gasteiger partial charge on any atom is 0.302 e. The Labute approximate surface area is 242 Å². The monoisotopic (exact) mass is 551 g/mol. The van der Waals surface area contributed by atoms with Crippen LogP contribution in [0.1, 0.15) is 136 Å². The van der Waals surface area contributed by atoms with E-state index in [1.807, 2.05) is 11.0 Å². The largest absolute Gasteiger partial charge is 0.462 e. The zero-order valence-electron chi connectivity index (χ0n) is 25.3. The number of rotatable bonds is 12. The summed E-state index contributed by atoms with van der Waals surface area (Å²) in [4.78, 5) is 38.4. The summed E-state index contributed by atoms with van der Waals surface area (Å²) in [7, 11) is 0. The van der Waals surface area contributed by atoms with Gasteiger partial charge < -0.3 is 9.64 Å². The predicted molar refractivity (Wildman–Crippen MR) is 159 cm³/mol. The molecule has 0 aromatic carbocycles. The van der Waals surface area contributed by atoms with Crippen LogP contribution in [0.3, 0.4) is 0 Å². The molecular formula is C35H53NO4. The van der Waals surface area contributed by atoms with Crippen molar-refractivity contribution in [2.24, 2.45) is 23.2 Å². The van der Waals surface area contributed by atoms with Gasteiger partial charge in [-0.2, -0.15) is 0 Å². The molecule has 0 aromatic heterocycles. The van der Waals surface area contributed by atoms with E-state index in [1.165, 1.54) is 69.8 Å². The van der Waals surface area contributed by atoms with Crippen molar-refractivity contribution in [1.82, 2.24) is 4.90 Å². The van der Waals surface area contributed by atoms with Gasteiger partial charge in [0.05, 0.1) is 0 Å². The molecule has 4 aliphatic carbocycles. The Morgan fingerprint density at radius 1 is 0.925 bits per heavy atom. The van der Waals surface area contributed by atoms with E-state index in [-0.39, 0.29) is 17.5 Å². The first-order valence-electron chi connectivity index (χ1n) is 16.8. The SMILES string of the molecule is CC(=O)O[C@H]1CC[C@H]2[C@@H]3CCC4=CC(=O)CCC4=C3[C@@H](CCCCCCCCCCC(=O)N3CCCC3)C[C@]12C. The van der Waals surface area contributed by atoms with E-state index < -0.39 is 0 Å². The average Bonchev–Trinajstić information content (AvgIpc) is 3.57. The second kappa shape index (κ2) is 13.4. The van der Waals surface area contributed by atoms with Gasteiger partial charge in [0.15, 0.2) is 5.78 Å². The first-order valence-corrected chi connectivity index (χ1v) is 16.8. The van der Waals surface area contributed by atoms with Gasteiger partial charge in [-0.3, -0.25) is 14.4 Å². The Morgan fingerprint density at radius 3 is 2.35 bits per heavy atom. The second-order valence-corrected chi connectivity index (χ2v) is 13.9. The highest BCUT2D eigenvalue weighted by Gasteiger charge is 2.57. The van der Waals surface area contributed by atoms with Crippen molar-refractivity contribution in [3.63, 3.8) is 0 Å². The van der Waals surface area contributed by atoms with Gasteiger partial charge in [0.25, 0.3) is 0 Å². The standard InChI is InChI=1S/C35H53NO4/c1-25(37)40-32-20-19-31-30-17-15-26-23-28(38)16-18-29(26)34(30)27(24-35(31,32)2)13-9-7-5-3-4-6-8-10-14-33(39)36-21-11-12-22-36/h23,27,30-32H,3-22,24H2,1-2H3/t27-,30-,31-,32-,35-/m0/s1. The number of carbonyl (C=O) groups excluding carboxylic acids is 3. The quantitative estimate of drug-likeness (QED) is 0.183. The lowest BCUT2D eigenvalue weighted by atomic mass is 9.53. The molecule has 0 bridgehead atoms. The lowest BCUT2D eigenvalue weighted by Gasteiger charge is -2.52. The normalized spacial score (nSPS) is 31.5. The number of unbranched alkanes of at least 4 members (excludes halogenated alkanes) is 7. The molecule has 3 fully saturated rings. The van der Waals surface area contributed by atoms with Gasteiger partial charge in [0, 0.05) is 38.3 Å². The van der Waals surface area contributed by atoms with Gasteiger partial charge in [-0.1, -0.05) is 57.4 Å². The molecule has 0 spiro atoms. The molecule has 222 valence electrons. The van der Waals surface area contributed by atoms with Crippen LogP contribution < -0.4 is 0 Å². The molecule has 2 saturated carbocycles. The molecule has 1 heterocycles. The third-order valence-corrected chi connectivity index (χ3v) is 11.2. The highest BCUT2D eigenvalue weighted by molar-refractivity contribution is 5.93. The molecule has 1 saturated heterocycles. The van der Waals surface area contributed by atoms with Crippen molar-refractivity contribution in [3.05, 3.63) is 22.8 Å². The number of fused-ring (bicyclic) bond motifs is 4. The molecule has 5 aliphatic rings. The van der Waals surface area contributed by atoms with Gasteiger partial charge in [0.2, 0.25) is 5.91 Å². The molecule has 5 nitrogen and oxygen atoms in total. The fourth-order valence-corrected chi connectivity index (χ4v) is 9.29. The molecule has 0 N–H and O–H groups in total. The average molecular weight is 552 g/mol. The first-order chi connectivity index (χ1) is 19.4. The number of hydrogen-bond acceptors (Lipinski definition) is 4. The minimum Gasteiger partial charge on any atom is -0.462 e. The van der Waals surface area contributed by atoms with Crippen LogP contribution in [0, 0.1) is 23.2 Å². The Bertz CT molecular complexity index is 1000. The first kappa shape index (κ1) is 29.6. The topological polar surface area (TPSA) is 63.7 Å². The summed E-state index contributed by atoms with van der Waals surface area (Å²) in [6.07, 6.45) is 23.3. The Morgan fingerprint density at radius 2 is 1.62 bits per heavy atom. The molecule has 1 amide bonds. The minimum absolute atomic E-state index is 0.0552. The summed E-state index contributed by atoms with van der Waals surface area (Å²) in [5, 5.41) is 0. The van der Waals surface area contributed by atoms with Crippen molar-refractivity contribution in [1.29, 1.82) is 0 Å². The van der Waals surface area contributed by atoms with E-state index in [4.69, 9.17) is 4.74 Å². The van der Waals surface area contributed by atoms with E-state index >= 15 is 0 Å².